The van der Waals surface area contributed by atoms with Gasteiger partial charge in [0.05, 0.1) is 18.0 Å². The van der Waals surface area contributed by atoms with E-state index in [0.29, 0.717) is 6.54 Å². The number of hydrogen-bond acceptors (Lipinski definition) is 4. The molecular weight excluding hydrogens is 238 g/mol. The molecule has 0 fully saturated rings. The van der Waals surface area contributed by atoms with E-state index in [9.17, 15) is 8.42 Å². The van der Waals surface area contributed by atoms with Crippen LogP contribution in [-0.4, -0.2) is 48.0 Å². The van der Waals surface area contributed by atoms with Crippen molar-refractivity contribution in [2.24, 2.45) is 0 Å². The Morgan fingerprint density at radius 1 is 1.29 bits per heavy atom. The third-order valence-electron chi connectivity index (χ3n) is 3.32. The van der Waals surface area contributed by atoms with Crippen molar-refractivity contribution in [1.82, 2.24) is 14.5 Å². The lowest BCUT2D eigenvalue weighted by molar-refractivity contribution is 0.228. The average molecular weight is 257 g/mol. The predicted octanol–water partition coefficient (Wildman–Crippen LogP) is 0.360. The minimum absolute atomic E-state index is 0.228. The number of fused-ring (bicyclic) bond motifs is 1. The van der Waals surface area contributed by atoms with Crippen LogP contribution in [0.2, 0.25) is 0 Å². The van der Waals surface area contributed by atoms with Crippen LogP contribution in [-0.2, 0) is 22.9 Å². The average Bonchev–Trinajstić information content (AvgIpc) is 2.51. The summed E-state index contributed by atoms with van der Waals surface area (Å²) in [4.78, 5) is 6.67. The normalized spacial score (nSPS) is 17.1. The molecule has 0 amide bonds. The number of sulfone groups is 1. The van der Waals surface area contributed by atoms with Crippen molar-refractivity contribution in [3.05, 3.63) is 17.2 Å². The zero-order valence-corrected chi connectivity index (χ0v) is 11.4. The van der Waals surface area contributed by atoms with Crippen LogP contribution in [0.15, 0.2) is 0 Å². The molecule has 2 rings (SSSR count). The van der Waals surface area contributed by atoms with Crippen LogP contribution in [0, 0.1) is 13.8 Å². The highest BCUT2D eigenvalue weighted by molar-refractivity contribution is 7.90. The van der Waals surface area contributed by atoms with Gasteiger partial charge in [-0.05, 0) is 13.8 Å². The van der Waals surface area contributed by atoms with Gasteiger partial charge in [0.2, 0.25) is 0 Å². The third kappa shape index (κ3) is 2.87. The molecule has 0 bridgehead atoms. The standard InChI is InChI=1S/C11H19N3O2S/c1-9-10(2)14-5-4-13(8-11(14)12-9)6-7-17(3,15)16/h4-8H2,1-3H3. The topological polar surface area (TPSA) is 55.2 Å². The molecular formula is C11H19N3O2S. The Kier molecular flexibility index (Phi) is 3.27. The van der Waals surface area contributed by atoms with Crippen LogP contribution in [0.5, 0.6) is 0 Å². The molecule has 0 aromatic carbocycles. The van der Waals surface area contributed by atoms with Crippen LogP contribution in [0.4, 0.5) is 0 Å². The van der Waals surface area contributed by atoms with E-state index in [-0.39, 0.29) is 5.75 Å². The zero-order chi connectivity index (χ0) is 12.6. The second-order valence-corrected chi connectivity index (χ2v) is 7.02. The first-order valence-corrected chi connectivity index (χ1v) is 7.85. The number of rotatable bonds is 3. The SMILES string of the molecule is Cc1nc2n(c1C)CCN(CCS(C)(=O)=O)C2. The van der Waals surface area contributed by atoms with Gasteiger partial charge in [-0.1, -0.05) is 0 Å². The fourth-order valence-corrected chi connectivity index (χ4v) is 2.74. The van der Waals surface area contributed by atoms with E-state index >= 15 is 0 Å². The van der Waals surface area contributed by atoms with Crippen molar-refractivity contribution < 1.29 is 8.42 Å². The van der Waals surface area contributed by atoms with E-state index in [1.54, 1.807) is 0 Å². The van der Waals surface area contributed by atoms with Crippen LogP contribution < -0.4 is 0 Å². The van der Waals surface area contributed by atoms with Gasteiger partial charge in [-0.2, -0.15) is 0 Å². The predicted molar refractivity (Wildman–Crippen MR) is 66.7 cm³/mol. The molecule has 0 atom stereocenters. The van der Waals surface area contributed by atoms with E-state index < -0.39 is 9.84 Å². The highest BCUT2D eigenvalue weighted by Crippen LogP contribution is 2.16. The van der Waals surface area contributed by atoms with Gasteiger partial charge in [0.25, 0.3) is 0 Å². The second-order valence-electron chi connectivity index (χ2n) is 4.76. The number of nitrogens with zero attached hydrogens (tertiary/aromatic N) is 3. The van der Waals surface area contributed by atoms with Crippen molar-refractivity contribution in [2.45, 2.75) is 26.9 Å². The molecule has 1 aliphatic rings. The summed E-state index contributed by atoms with van der Waals surface area (Å²) in [5.74, 6) is 1.28. The monoisotopic (exact) mass is 257 g/mol. The summed E-state index contributed by atoms with van der Waals surface area (Å²) in [6.45, 7) is 7.26. The number of imidazole rings is 1. The molecule has 0 saturated heterocycles. The van der Waals surface area contributed by atoms with Crippen LogP contribution in [0.25, 0.3) is 0 Å². The lowest BCUT2D eigenvalue weighted by Gasteiger charge is -2.27. The molecule has 96 valence electrons. The van der Waals surface area contributed by atoms with Crippen molar-refractivity contribution >= 4 is 9.84 Å². The lowest BCUT2D eigenvalue weighted by Crippen LogP contribution is -2.37. The van der Waals surface area contributed by atoms with E-state index in [2.05, 4.69) is 21.4 Å². The van der Waals surface area contributed by atoms with Gasteiger partial charge in [-0.15, -0.1) is 0 Å². The first-order chi connectivity index (χ1) is 7.87. The largest absolute Gasteiger partial charge is 0.330 e. The van der Waals surface area contributed by atoms with Gasteiger partial charge in [0, 0.05) is 31.6 Å². The summed E-state index contributed by atoms with van der Waals surface area (Å²) < 4.78 is 24.5. The smallest absolute Gasteiger partial charge is 0.148 e. The molecule has 0 saturated carbocycles. The number of aromatic nitrogens is 2. The maximum absolute atomic E-state index is 11.1. The molecule has 1 aromatic heterocycles. The maximum Gasteiger partial charge on any atom is 0.148 e. The van der Waals surface area contributed by atoms with Gasteiger partial charge in [-0.25, -0.2) is 13.4 Å². The summed E-state index contributed by atoms with van der Waals surface area (Å²) in [7, 11) is -2.87. The Morgan fingerprint density at radius 2 is 2.00 bits per heavy atom. The molecule has 0 N–H and O–H groups in total. The van der Waals surface area contributed by atoms with Crippen LogP contribution in [0.1, 0.15) is 17.2 Å². The Morgan fingerprint density at radius 3 is 2.65 bits per heavy atom. The van der Waals surface area contributed by atoms with Gasteiger partial charge >= 0.3 is 0 Å². The molecule has 0 radical (unpaired) electrons. The van der Waals surface area contributed by atoms with E-state index in [1.807, 2.05) is 6.92 Å². The Bertz CT molecular complexity index is 519. The van der Waals surface area contributed by atoms with Gasteiger partial charge in [0.1, 0.15) is 15.7 Å². The summed E-state index contributed by atoms with van der Waals surface area (Å²) in [5, 5.41) is 0. The number of hydrogen-bond donors (Lipinski definition) is 0. The van der Waals surface area contributed by atoms with Crippen LogP contribution >= 0.6 is 0 Å². The molecule has 1 aliphatic heterocycles. The summed E-state index contributed by atoms with van der Waals surface area (Å²) in [6, 6.07) is 0. The number of aryl methyl sites for hydroxylation is 1. The molecule has 0 unspecified atom stereocenters. The molecule has 17 heavy (non-hydrogen) atoms. The molecule has 0 aliphatic carbocycles. The van der Waals surface area contributed by atoms with E-state index in [0.717, 1.165) is 31.2 Å². The Balaban J connectivity index is 2.04. The first kappa shape index (κ1) is 12.6. The molecule has 0 spiro atoms. The van der Waals surface area contributed by atoms with Crippen LogP contribution in [0.3, 0.4) is 0 Å². The highest BCUT2D eigenvalue weighted by atomic mass is 32.2. The Labute approximate surface area is 102 Å². The van der Waals surface area contributed by atoms with E-state index in [1.165, 1.54) is 11.9 Å². The van der Waals surface area contributed by atoms with Gasteiger partial charge in [-0.3, -0.25) is 4.90 Å². The maximum atomic E-state index is 11.1. The molecule has 1 aromatic rings. The molecule has 6 heteroatoms. The quantitative estimate of drug-likeness (QED) is 0.784. The van der Waals surface area contributed by atoms with Crippen molar-refractivity contribution in [2.75, 3.05) is 25.1 Å². The van der Waals surface area contributed by atoms with E-state index in [4.69, 9.17) is 0 Å². The molecule has 5 nitrogen and oxygen atoms in total. The van der Waals surface area contributed by atoms with Gasteiger partial charge in [0.15, 0.2) is 0 Å². The second kappa shape index (κ2) is 4.42. The zero-order valence-electron chi connectivity index (χ0n) is 10.6. The van der Waals surface area contributed by atoms with Gasteiger partial charge < -0.3 is 4.57 Å². The summed E-state index contributed by atoms with van der Waals surface area (Å²) in [6.07, 6.45) is 1.28. The first-order valence-electron chi connectivity index (χ1n) is 5.79. The minimum atomic E-state index is -2.87. The van der Waals surface area contributed by atoms with Crippen molar-refractivity contribution in [1.29, 1.82) is 0 Å². The Hall–Kier alpha value is -0.880. The summed E-state index contributed by atoms with van der Waals surface area (Å²) in [5.41, 5.74) is 2.30. The third-order valence-corrected chi connectivity index (χ3v) is 4.24. The summed E-state index contributed by atoms with van der Waals surface area (Å²) >= 11 is 0. The van der Waals surface area contributed by atoms with Crippen molar-refractivity contribution in [3.8, 4) is 0 Å². The lowest BCUT2D eigenvalue weighted by atomic mass is 10.3. The minimum Gasteiger partial charge on any atom is -0.330 e. The fourth-order valence-electron chi connectivity index (χ4n) is 2.15. The van der Waals surface area contributed by atoms with Crippen molar-refractivity contribution in [3.63, 3.8) is 0 Å². The fraction of sp³-hybridized carbons (Fsp3) is 0.727. The highest BCUT2D eigenvalue weighted by Gasteiger charge is 2.20. The molecule has 2 heterocycles.